The lowest BCUT2D eigenvalue weighted by Crippen LogP contribution is -2.27. The summed E-state index contributed by atoms with van der Waals surface area (Å²) in [6.07, 6.45) is 0.979. The number of rotatable bonds is 3. The molecule has 0 amide bonds. The number of hydrogen-bond acceptors (Lipinski definition) is 3. The molecule has 0 fully saturated rings. The molecule has 0 aliphatic carbocycles. The highest BCUT2D eigenvalue weighted by Crippen LogP contribution is 1.88. The van der Waals surface area contributed by atoms with E-state index in [4.69, 9.17) is 22.7 Å². The van der Waals surface area contributed by atoms with Crippen molar-refractivity contribution in [1.82, 2.24) is 0 Å². The van der Waals surface area contributed by atoms with Gasteiger partial charge in [-0.05, 0) is 25.6 Å². The van der Waals surface area contributed by atoms with Crippen molar-refractivity contribution < 1.29 is 4.74 Å². The minimum atomic E-state index is -0.119. The predicted molar refractivity (Wildman–Crippen MR) is 42.5 cm³/mol. The lowest BCUT2D eigenvalue weighted by atomic mass is 10.4. The Kier molecular flexibility index (Phi) is 4.62. The molecule has 2 nitrogen and oxygen atoms in total. The van der Waals surface area contributed by atoms with Crippen molar-refractivity contribution in [2.24, 2.45) is 5.73 Å². The molecule has 2 N–H and O–H groups in total. The number of ether oxygens (including phenoxy) is 1. The zero-order valence-corrected chi connectivity index (χ0v) is 6.70. The molecule has 0 aromatic heterocycles. The van der Waals surface area contributed by atoms with Crippen LogP contribution in [0.1, 0.15) is 20.3 Å². The number of thiocarbonyl (C=S) groups is 1. The molecule has 0 bridgehead atoms. The summed E-state index contributed by atoms with van der Waals surface area (Å²) in [6, 6.07) is -0.119. The van der Waals surface area contributed by atoms with E-state index in [2.05, 4.69) is 0 Å². The van der Waals surface area contributed by atoms with E-state index in [1.54, 1.807) is 0 Å². The van der Waals surface area contributed by atoms with Gasteiger partial charge in [0.1, 0.15) is 0 Å². The largest absolute Gasteiger partial charge is 0.485 e. The van der Waals surface area contributed by atoms with Gasteiger partial charge in [0.15, 0.2) is 5.05 Å². The zero-order chi connectivity index (χ0) is 7.28. The lowest BCUT2D eigenvalue weighted by molar-refractivity contribution is 0.301. The maximum absolute atomic E-state index is 5.41. The normalized spacial score (nSPS) is 12.8. The second-order valence-corrected chi connectivity index (χ2v) is 2.36. The Labute approximate surface area is 61.4 Å². The van der Waals surface area contributed by atoms with Crippen LogP contribution >= 0.6 is 12.2 Å². The Hall–Kier alpha value is -0.150. The Morgan fingerprint density at radius 3 is 2.67 bits per heavy atom. The number of hydrogen-bond donors (Lipinski definition) is 1. The maximum atomic E-state index is 5.41. The van der Waals surface area contributed by atoms with Gasteiger partial charge in [-0.15, -0.1) is 0 Å². The molecule has 0 heterocycles. The fourth-order valence-corrected chi connectivity index (χ4v) is 0.417. The molecule has 0 aliphatic rings. The van der Waals surface area contributed by atoms with Crippen molar-refractivity contribution in [3.63, 3.8) is 0 Å². The van der Waals surface area contributed by atoms with Gasteiger partial charge in [-0.1, -0.05) is 6.92 Å². The minimum Gasteiger partial charge on any atom is -0.485 e. The molecule has 3 heteroatoms. The Balaban J connectivity index is 3.28. The van der Waals surface area contributed by atoms with Gasteiger partial charge in [-0.3, -0.25) is 0 Å². The van der Waals surface area contributed by atoms with Gasteiger partial charge in [0, 0.05) is 0 Å². The standard InChI is InChI=1S/C6H13NOS/c1-3-4-8-6(9)5(2)7/h5H,3-4,7H2,1-2H3. The zero-order valence-electron chi connectivity index (χ0n) is 5.89. The molecule has 0 aliphatic heterocycles. The quantitative estimate of drug-likeness (QED) is 0.607. The Morgan fingerprint density at radius 2 is 2.33 bits per heavy atom. The second kappa shape index (κ2) is 4.70. The summed E-state index contributed by atoms with van der Waals surface area (Å²) < 4.78 is 5.06. The van der Waals surface area contributed by atoms with Crippen molar-refractivity contribution in [1.29, 1.82) is 0 Å². The second-order valence-electron chi connectivity index (χ2n) is 1.96. The fraction of sp³-hybridized carbons (Fsp3) is 0.833. The first-order valence-electron chi connectivity index (χ1n) is 3.10. The van der Waals surface area contributed by atoms with Crippen molar-refractivity contribution in [3.05, 3.63) is 0 Å². The molecule has 54 valence electrons. The van der Waals surface area contributed by atoms with Crippen LogP contribution in [0.15, 0.2) is 0 Å². The third-order valence-electron chi connectivity index (χ3n) is 0.820. The summed E-state index contributed by atoms with van der Waals surface area (Å²) in [7, 11) is 0. The third kappa shape index (κ3) is 4.36. The van der Waals surface area contributed by atoms with Crippen LogP contribution in [-0.4, -0.2) is 17.7 Å². The smallest absolute Gasteiger partial charge is 0.176 e. The van der Waals surface area contributed by atoms with E-state index in [-0.39, 0.29) is 6.04 Å². The summed E-state index contributed by atoms with van der Waals surface area (Å²) in [6.45, 7) is 4.53. The van der Waals surface area contributed by atoms with Gasteiger partial charge in [-0.25, -0.2) is 0 Å². The first-order valence-corrected chi connectivity index (χ1v) is 3.51. The van der Waals surface area contributed by atoms with Crippen molar-refractivity contribution in [2.75, 3.05) is 6.61 Å². The molecule has 0 saturated carbocycles. The van der Waals surface area contributed by atoms with E-state index in [0.717, 1.165) is 6.42 Å². The Bertz CT molecular complexity index is 93.1. The summed E-state index contributed by atoms with van der Waals surface area (Å²) in [5.74, 6) is 0. The Morgan fingerprint density at radius 1 is 1.78 bits per heavy atom. The van der Waals surface area contributed by atoms with Crippen LogP contribution in [0.4, 0.5) is 0 Å². The van der Waals surface area contributed by atoms with Gasteiger partial charge in [0.2, 0.25) is 0 Å². The highest BCUT2D eigenvalue weighted by Gasteiger charge is 2.00. The molecule has 0 saturated heterocycles. The van der Waals surface area contributed by atoms with Crippen LogP contribution in [0.25, 0.3) is 0 Å². The van der Waals surface area contributed by atoms with E-state index < -0.39 is 0 Å². The third-order valence-corrected chi connectivity index (χ3v) is 1.31. The molecule has 0 rings (SSSR count). The molecular formula is C6H13NOS. The lowest BCUT2D eigenvalue weighted by Gasteiger charge is -2.07. The van der Waals surface area contributed by atoms with Crippen LogP contribution in [0.3, 0.4) is 0 Å². The maximum Gasteiger partial charge on any atom is 0.176 e. The van der Waals surface area contributed by atoms with E-state index in [1.807, 2.05) is 13.8 Å². The molecule has 1 atom stereocenters. The fourth-order valence-electron chi connectivity index (χ4n) is 0.334. The molecule has 0 spiro atoms. The molecule has 1 unspecified atom stereocenters. The van der Waals surface area contributed by atoms with Gasteiger partial charge in [0.05, 0.1) is 12.6 Å². The van der Waals surface area contributed by atoms with Crippen LogP contribution in [0.2, 0.25) is 0 Å². The summed E-state index contributed by atoms with van der Waals surface area (Å²) in [4.78, 5) is 0. The number of nitrogens with two attached hydrogens (primary N) is 1. The van der Waals surface area contributed by atoms with Gasteiger partial charge >= 0.3 is 0 Å². The molecule has 9 heavy (non-hydrogen) atoms. The average Bonchev–Trinajstić information content (AvgIpc) is 1.82. The molecule has 0 radical (unpaired) electrons. The van der Waals surface area contributed by atoms with Gasteiger partial charge in [0.25, 0.3) is 0 Å². The van der Waals surface area contributed by atoms with Gasteiger partial charge in [-0.2, -0.15) is 0 Å². The first-order chi connectivity index (χ1) is 4.18. The van der Waals surface area contributed by atoms with Crippen LogP contribution in [0, 0.1) is 0 Å². The molecule has 0 aromatic rings. The van der Waals surface area contributed by atoms with Crippen molar-refractivity contribution in [2.45, 2.75) is 26.3 Å². The van der Waals surface area contributed by atoms with E-state index in [0.29, 0.717) is 11.7 Å². The van der Waals surface area contributed by atoms with Gasteiger partial charge < -0.3 is 10.5 Å². The SMILES string of the molecule is CCCOC(=S)C(C)N. The van der Waals surface area contributed by atoms with E-state index >= 15 is 0 Å². The van der Waals surface area contributed by atoms with Crippen LogP contribution in [-0.2, 0) is 4.74 Å². The van der Waals surface area contributed by atoms with Crippen LogP contribution < -0.4 is 5.73 Å². The molecular weight excluding hydrogens is 134 g/mol. The van der Waals surface area contributed by atoms with Crippen molar-refractivity contribution in [3.8, 4) is 0 Å². The monoisotopic (exact) mass is 147 g/mol. The summed E-state index contributed by atoms with van der Waals surface area (Å²) in [5, 5.41) is 0.511. The summed E-state index contributed by atoms with van der Waals surface area (Å²) >= 11 is 4.80. The first kappa shape index (κ1) is 8.85. The van der Waals surface area contributed by atoms with Crippen LogP contribution in [0.5, 0.6) is 0 Å². The molecule has 0 aromatic carbocycles. The summed E-state index contributed by atoms with van der Waals surface area (Å²) in [5.41, 5.74) is 5.41. The average molecular weight is 147 g/mol. The van der Waals surface area contributed by atoms with Crippen molar-refractivity contribution >= 4 is 17.3 Å². The predicted octanol–water partition coefficient (Wildman–Crippen LogP) is 1.09. The minimum absolute atomic E-state index is 0.119. The van der Waals surface area contributed by atoms with E-state index in [9.17, 15) is 0 Å². The topological polar surface area (TPSA) is 35.2 Å². The highest BCUT2D eigenvalue weighted by atomic mass is 32.1. The highest BCUT2D eigenvalue weighted by molar-refractivity contribution is 7.80. The van der Waals surface area contributed by atoms with E-state index in [1.165, 1.54) is 0 Å².